The number of methoxy groups -OCH3 is 1. The summed E-state index contributed by atoms with van der Waals surface area (Å²) in [6.07, 6.45) is 0.989. The third-order valence-electron chi connectivity index (χ3n) is 3.49. The number of hydrogen-bond acceptors (Lipinski definition) is 3. The second kappa shape index (κ2) is 9.57. The Labute approximate surface area is 143 Å². The van der Waals surface area contributed by atoms with Crippen molar-refractivity contribution in [1.82, 2.24) is 0 Å². The topological polar surface area (TPSA) is 68.9 Å². The van der Waals surface area contributed by atoms with Gasteiger partial charge in [0.1, 0.15) is 12.4 Å². The fraction of sp³-hybridized carbons (Fsp3) is 0.316. The number of anilines is 1. The van der Waals surface area contributed by atoms with Crippen LogP contribution in [0.1, 0.15) is 18.1 Å². The van der Waals surface area contributed by atoms with E-state index in [0.29, 0.717) is 25.7 Å². The molecule has 0 heterocycles. The molecule has 0 saturated heterocycles. The van der Waals surface area contributed by atoms with Crippen molar-refractivity contribution in [3.05, 3.63) is 59.7 Å². The minimum absolute atomic E-state index is 0.397. The van der Waals surface area contributed by atoms with E-state index >= 15 is 0 Å². The highest BCUT2D eigenvalue weighted by molar-refractivity contribution is 5.92. The van der Waals surface area contributed by atoms with E-state index in [-0.39, 0.29) is 0 Å². The average molecular weight is 327 g/mol. The van der Waals surface area contributed by atoms with Gasteiger partial charge >= 0.3 is 0 Å². The van der Waals surface area contributed by atoms with Crippen LogP contribution in [-0.4, -0.2) is 26.3 Å². The fourth-order valence-corrected chi connectivity index (χ4v) is 2.21. The van der Waals surface area contributed by atoms with Crippen molar-refractivity contribution >= 4 is 11.6 Å². The van der Waals surface area contributed by atoms with E-state index in [2.05, 4.69) is 29.4 Å². The van der Waals surface area contributed by atoms with Gasteiger partial charge < -0.3 is 20.5 Å². The van der Waals surface area contributed by atoms with Crippen LogP contribution in [0.15, 0.2) is 53.5 Å². The second-order valence-electron chi connectivity index (χ2n) is 5.37. The van der Waals surface area contributed by atoms with E-state index in [1.807, 2.05) is 36.4 Å². The lowest BCUT2D eigenvalue weighted by molar-refractivity contribution is 0.146. The Morgan fingerprint density at radius 1 is 1.08 bits per heavy atom. The number of hydrogen-bond donors (Lipinski definition) is 2. The summed E-state index contributed by atoms with van der Waals surface area (Å²) in [7, 11) is 1.65. The molecule has 5 nitrogen and oxygen atoms in total. The van der Waals surface area contributed by atoms with Gasteiger partial charge in [-0.1, -0.05) is 31.2 Å². The van der Waals surface area contributed by atoms with Crippen LogP contribution in [0.5, 0.6) is 5.75 Å². The first-order valence-corrected chi connectivity index (χ1v) is 8.08. The standard InChI is InChI=1S/C19H25N3O2/c1-3-15-6-4-8-17(12-15)22-19(20)21-14-16-7-5-9-18(13-16)24-11-10-23-2/h4-9,12-13H,3,10-11,14H2,1-2H3,(H3,20,21,22). The van der Waals surface area contributed by atoms with E-state index in [1.54, 1.807) is 7.11 Å². The minimum atomic E-state index is 0.397. The van der Waals surface area contributed by atoms with Crippen LogP contribution in [0.3, 0.4) is 0 Å². The highest BCUT2D eigenvalue weighted by Crippen LogP contribution is 2.14. The van der Waals surface area contributed by atoms with Gasteiger partial charge in [0.2, 0.25) is 0 Å². The Morgan fingerprint density at radius 2 is 1.88 bits per heavy atom. The Balaban J connectivity index is 1.92. The molecule has 0 bridgehead atoms. The van der Waals surface area contributed by atoms with Crippen molar-refractivity contribution in [3.63, 3.8) is 0 Å². The molecule has 0 radical (unpaired) electrons. The molecule has 0 aromatic heterocycles. The molecule has 0 atom stereocenters. The Hall–Kier alpha value is -2.53. The number of nitrogens with one attached hydrogen (secondary N) is 1. The van der Waals surface area contributed by atoms with Gasteiger partial charge in [-0.05, 0) is 41.8 Å². The number of nitrogens with two attached hydrogens (primary N) is 1. The van der Waals surface area contributed by atoms with Crippen LogP contribution in [0, 0.1) is 0 Å². The number of benzene rings is 2. The molecule has 0 amide bonds. The lowest BCUT2D eigenvalue weighted by Crippen LogP contribution is -2.22. The van der Waals surface area contributed by atoms with Gasteiger partial charge in [-0.25, -0.2) is 4.99 Å². The van der Waals surface area contributed by atoms with Crippen LogP contribution in [0.4, 0.5) is 5.69 Å². The molecular formula is C19H25N3O2. The first-order valence-electron chi connectivity index (χ1n) is 8.08. The van der Waals surface area contributed by atoms with Gasteiger partial charge in [0.15, 0.2) is 5.96 Å². The maximum atomic E-state index is 5.97. The smallest absolute Gasteiger partial charge is 0.193 e. The van der Waals surface area contributed by atoms with E-state index in [0.717, 1.165) is 23.4 Å². The molecule has 5 heteroatoms. The monoisotopic (exact) mass is 327 g/mol. The first kappa shape index (κ1) is 17.8. The minimum Gasteiger partial charge on any atom is -0.491 e. The van der Waals surface area contributed by atoms with Crippen molar-refractivity contribution in [3.8, 4) is 5.75 Å². The molecule has 0 aliphatic rings. The number of aliphatic imine (C=N–C) groups is 1. The van der Waals surface area contributed by atoms with Crippen molar-refractivity contribution in [1.29, 1.82) is 0 Å². The molecular weight excluding hydrogens is 302 g/mol. The van der Waals surface area contributed by atoms with Gasteiger partial charge in [0, 0.05) is 12.8 Å². The highest BCUT2D eigenvalue weighted by atomic mass is 16.5. The predicted octanol–water partition coefficient (Wildman–Crippen LogP) is 3.20. The Bertz CT molecular complexity index is 671. The molecule has 0 aliphatic carbocycles. The zero-order valence-corrected chi connectivity index (χ0v) is 14.3. The number of nitrogens with zero attached hydrogens (tertiary/aromatic N) is 1. The van der Waals surface area contributed by atoms with Crippen molar-refractivity contribution < 1.29 is 9.47 Å². The average Bonchev–Trinajstić information content (AvgIpc) is 2.61. The van der Waals surface area contributed by atoms with Gasteiger partial charge in [-0.2, -0.15) is 0 Å². The van der Waals surface area contributed by atoms with Crippen molar-refractivity contribution in [2.75, 3.05) is 25.6 Å². The number of rotatable bonds is 8. The van der Waals surface area contributed by atoms with Crippen molar-refractivity contribution in [2.24, 2.45) is 10.7 Å². The van der Waals surface area contributed by atoms with Gasteiger partial charge in [0.05, 0.1) is 13.2 Å². The number of ether oxygens (including phenoxy) is 2. The summed E-state index contributed by atoms with van der Waals surface area (Å²) >= 11 is 0. The molecule has 0 aliphatic heterocycles. The molecule has 0 fully saturated rings. The molecule has 0 unspecified atom stereocenters. The van der Waals surface area contributed by atoms with Crippen LogP contribution in [0.2, 0.25) is 0 Å². The van der Waals surface area contributed by atoms with Crippen LogP contribution >= 0.6 is 0 Å². The van der Waals surface area contributed by atoms with Crippen LogP contribution in [-0.2, 0) is 17.7 Å². The van der Waals surface area contributed by atoms with Gasteiger partial charge in [0.25, 0.3) is 0 Å². The Morgan fingerprint density at radius 3 is 2.67 bits per heavy atom. The normalized spacial score (nSPS) is 11.3. The van der Waals surface area contributed by atoms with E-state index in [1.165, 1.54) is 5.56 Å². The third-order valence-corrected chi connectivity index (χ3v) is 3.49. The maximum Gasteiger partial charge on any atom is 0.193 e. The molecule has 2 aromatic rings. The lowest BCUT2D eigenvalue weighted by atomic mass is 10.1. The summed E-state index contributed by atoms with van der Waals surface area (Å²) in [5, 5.41) is 3.12. The number of guanidine groups is 1. The molecule has 24 heavy (non-hydrogen) atoms. The highest BCUT2D eigenvalue weighted by Gasteiger charge is 1.99. The molecule has 3 N–H and O–H groups in total. The summed E-state index contributed by atoms with van der Waals surface area (Å²) in [5.74, 6) is 1.20. The fourth-order valence-electron chi connectivity index (χ4n) is 2.21. The summed E-state index contributed by atoms with van der Waals surface area (Å²) in [5.41, 5.74) is 9.22. The second-order valence-corrected chi connectivity index (χ2v) is 5.37. The van der Waals surface area contributed by atoms with E-state index in [9.17, 15) is 0 Å². The molecule has 128 valence electrons. The molecule has 0 spiro atoms. The Kier molecular flexibility index (Phi) is 7.11. The first-order chi connectivity index (χ1) is 11.7. The quantitative estimate of drug-likeness (QED) is 0.444. The zero-order chi connectivity index (χ0) is 17.2. The summed E-state index contributed by atoms with van der Waals surface area (Å²) in [4.78, 5) is 4.39. The third kappa shape index (κ3) is 5.93. The molecule has 2 aromatic carbocycles. The lowest BCUT2D eigenvalue weighted by Gasteiger charge is -2.08. The summed E-state index contributed by atoms with van der Waals surface area (Å²) in [6, 6.07) is 16.0. The van der Waals surface area contributed by atoms with Crippen LogP contribution < -0.4 is 15.8 Å². The maximum absolute atomic E-state index is 5.97. The van der Waals surface area contributed by atoms with Crippen LogP contribution in [0.25, 0.3) is 0 Å². The van der Waals surface area contributed by atoms with E-state index in [4.69, 9.17) is 15.2 Å². The van der Waals surface area contributed by atoms with E-state index < -0.39 is 0 Å². The molecule has 0 saturated carbocycles. The largest absolute Gasteiger partial charge is 0.491 e. The SMILES string of the molecule is CCc1cccc(NC(N)=NCc2cccc(OCCOC)c2)c1. The summed E-state index contributed by atoms with van der Waals surface area (Å²) in [6.45, 7) is 3.71. The van der Waals surface area contributed by atoms with Crippen molar-refractivity contribution in [2.45, 2.75) is 19.9 Å². The molecule has 2 rings (SSSR count). The zero-order valence-electron chi connectivity index (χ0n) is 14.3. The van der Waals surface area contributed by atoms with Gasteiger partial charge in [-0.15, -0.1) is 0 Å². The predicted molar refractivity (Wildman–Crippen MR) is 98.6 cm³/mol. The summed E-state index contributed by atoms with van der Waals surface area (Å²) < 4.78 is 10.6. The van der Waals surface area contributed by atoms with Gasteiger partial charge in [-0.3, -0.25) is 0 Å². The number of aryl methyl sites for hydroxylation is 1.